The van der Waals surface area contributed by atoms with Crippen LogP contribution < -0.4 is 5.32 Å². The molecule has 20 heavy (non-hydrogen) atoms. The summed E-state index contributed by atoms with van der Waals surface area (Å²) in [6.07, 6.45) is 1.81. The number of aromatic nitrogens is 1. The summed E-state index contributed by atoms with van der Waals surface area (Å²) in [5, 5.41) is 22.1. The zero-order chi connectivity index (χ0) is 15.3. The van der Waals surface area contributed by atoms with Crippen molar-refractivity contribution in [1.82, 2.24) is 9.88 Å². The molecule has 0 bridgehead atoms. The van der Waals surface area contributed by atoms with E-state index in [1.807, 2.05) is 6.92 Å². The van der Waals surface area contributed by atoms with Crippen LogP contribution in [0, 0.1) is 10.1 Å². The van der Waals surface area contributed by atoms with E-state index in [1.165, 1.54) is 19.2 Å². The van der Waals surface area contributed by atoms with Crippen LogP contribution in [0.2, 0.25) is 0 Å². The van der Waals surface area contributed by atoms with Crippen LogP contribution in [0.3, 0.4) is 0 Å². The first-order valence-corrected chi connectivity index (χ1v) is 6.22. The Morgan fingerprint density at radius 1 is 1.50 bits per heavy atom. The fourth-order valence-electron chi connectivity index (χ4n) is 1.81. The molecule has 1 atom stereocenters. The molecule has 0 aliphatic rings. The Hall–Kier alpha value is -2.38. The van der Waals surface area contributed by atoms with Crippen LogP contribution in [0.15, 0.2) is 12.1 Å². The van der Waals surface area contributed by atoms with Gasteiger partial charge in [0.25, 0.3) is 5.91 Å². The van der Waals surface area contributed by atoms with Crippen molar-refractivity contribution in [3.05, 3.63) is 27.9 Å². The van der Waals surface area contributed by atoms with E-state index >= 15 is 0 Å². The molecule has 0 spiro atoms. The van der Waals surface area contributed by atoms with Gasteiger partial charge in [0.15, 0.2) is 5.69 Å². The summed E-state index contributed by atoms with van der Waals surface area (Å²) in [6.45, 7) is 1.92. The maximum Gasteiger partial charge on any atom is 0.326 e. The number of carbonyl (C=O) groups excluding carboxylic acids is 1. The van der Waals surface area contributed by atoms with Gasteiger partial charge in [0.1, 0.15) is 6.04 Å². The van der Waals surface area contributed by atoms with Gasteiger partial charge in [-0.15, -0.1) is 0 Å². The third-order valence-corrected chi connectivity index (χ3v) is 2.96. The number of nitrogens with one attached hydrogen (secondary N) is 1. The summed E-state index contributed by atoms with van der Waals surface area (Å²) in [5.41, 5.74) is 0.0550. The summed E-state index contributed by atoms with van der Waals surface area (Å²) in [6, 6.07) is 1.51. The zero-order valence-corrected chi connectivity index (χ0v) is 11.3. The predicted octanol–water partition coefficient (Wildman–Crippen LogP) is 1.31. The molecule has 1 rings (SSSR count). The number of carbonyl (C=O) groups is 2. The minimum Gasteiger partial charge on any atom is -0.480 e. The second-order valence-electron chi connectivity index (χ2n) is 4.40. The van der Waals surface area contributed by atoms with E-state index in [1.54, 1.807) is 0 Å². The van der Waals surface area contributed by atoms with Gasteiger partial charge in [-0.3, -0.25) is 4.79 Å². The number of nitrogens with zero attached hydrogens (tertiary/aromatic N) is 2. The normalized spacial score (nSPS) is 11.9. The number of hydrogen-bond acceptors (Lipinski definition) is 4. The van der Waals surface area contributed by atoms with Gasteiger partial charge in [-0.1, -0.05) is 19.8 Å². The molecule has 2 N–H and O–H groups in total. The van der Waals surface area contributed by atoms with Gasteiger partial charge < -0.3 is 20.5 Å². The van der Waals surface area contributed by atoms with E-state index in [0.29, 0.717) is 12.8 Å². The number of carboxylic acid groups (broad SMARTS) is 1. The Bertz CT molecular complexity index is 523. The van der Waals surface area contributed by atoms with Crippen LogP contribution >= 0.6 is 0 Å². The first kappa shape index (κ1) is 15.7. The lowest BCUT2D eigenvalue weighted by Crippen LogP contribution is -2.41. The van der Waals surface area contributed by atoms with Crippen molar-refractivity contribution < 1.29 is 19.6 Å². The van der Waals surface area contributed by atoms with Crippen LogP contribution in [0.4, 0.5) is 5.82 Å². The summed E-state index contributed by atoms with van der Waals surface area (Å²) in [7, 11) is 1.38. The minimum atomic E-state index is -1.12. The highest BCUT2D eigenvalue weighted by atomic mass is 16.6. The molecule has 0 fully saturated rings. The quantitative estimate of drug-likeness (QED) is 0.578. The number of unbranched alkanes of at least 4 members (excludes halogenated alkanes) is 1. The Labute approximate surface area is 115 Å². The predicted molar refractivity (Wildman–Crippen MR) is 70.5 cm³/mol. The first-order valence-electron chi connectivity index (χ1n) is 6.22. The number of hydrogen-bond donors (Lipinski definition) is 2. The van der Waals surface area contributed by atoms with E-state index < -0.39 is 22.8 Å². The summed E-state index contributed by atoms with van der Waals surface area (Å²) >= 11 is 0. The van der Waals surface area contributed by atoms with Crippen molar-refractivity contribution in [2.75, 3.05) is 0 Å². The van der Waals surface area contributed by atoms with E-state index in [2.05, 4.69) is 5.32 Å². The fraction of sp³-hybridized carbons (Fsp3) is 0.500. The van der Waals surface area contributed by atoms with Crippen molar-refractivity contribution in [1.29, 1.82) is 0 Å². The molecule has 0 aliphatic heterocycles. The van der Waals surface area contributed by atoms with Crippen LogP contribution in [-0.2, 0) is 11.8 Å². The largest absolute Gasteiger partial charge is 0.480 e. The maximum absolute atomic E-state index is 12.0. The summed E-state index contributed by atoms with van der Waals surface area (Å²) in [5.74, 6) is -1.98. The maximum atomic E-state index is 12.0. The third kappa shape index (κ3) is 3.56. The van der Waals surface area contributed by atoms with E-state index in [9.17, 15) is 19.7 Å². The highest BCUT2D eigenvalue weighted by Crippen LogP contribution is 2.15. The van der Waals surface area contributed by atoms with Gasteiger partial charge in [0.05, 0.1) is 7.05 Å². The molecule has 0 aliphatic carbocycles. The van der Waals surface area contributed by atoms with Gasteiger partial charge >= 0.3 is 11.8 Å². The van der Waals surface area contributed by atoms with Gasteiger partial charge in [-0.25, -0.2) is 9.36 Å². The Balaban J connectivity index is 2.84. The van der Waals surface area contributed by atoms with Crippen molar-refractivity contribution >= 4 is 17.7 Å². The molecule has 8 heteroatoms. The van der Waals surface area contributed by atoms with Crippen LogP contribution in [0.25, 0.3) is 0 Å². The molecule has 0 radical (unpaired) electrons. The highest BCUT2D eigenvalue weighted by Gasteiger charge is 2.25. The lowest BCUT2D eigenvalue weighted by molar-refractivity contribution is -0.391. The number of nitro groups is 1. The molecule has 1 amide bonds. The molecule has 110 valence electrons. The van der Waals surface area contributed by atoms with E-state index in [0.717, 1.165) is 11.0 Å². The number of aliphatic carboxylic acids is 1. The Kier molecular flexibility index (Phi) is 5.24. The molecule has 8 nitrogen and oxygen atoms in total. The molecular weight excluding hydrogens is 266 g/mol. The van der Waals surface area contributed by atoms with E-state index in [-0.39, 0.29) is 11.5 Å². The molecule has 1 heterocycles. The van der Waals surface area contributed by atoms with Crippen molar-refractivity contribution in [3.63, 3.8) is 0 Å². The van der Waals surface area contributed by atoms with Gasteiger partial charge in [0.2, 0.25) is 0 Å². The topological polar surface area (TPSA) is 114 Å². The van der Waals surface area contributed by atoms with Gasteiger partial charge in [-0.2, -0.15) is 0 Å². The number of rotatable bonds is 7. The average molecular weight is 283 g/mol. The van der Waals surface area contributed by atoms with Crippen molar-refractivity contribution in [3.8, 4) is 0 Å². The number of carboxylic acids is 1. The fourth-order valence-corrected chi connectivity index (χ4v) is 1.81. The van der Waals surface area contributed by atoms with Crippen LogP contribution in [0.1, 0.15) is 36.7 Å². The molecule has 1 aromatic rings. The highest BCUT2D eigenvalue weighted by molar-refractivity contribution is 5.95. The van der Waals surface area contributed by atoms with Crippen LogP contribution in [0.5, 0.6) is 0 Å². The van der Waals surface area contributed by atoms with Gasteiger partial charge in [0, 0.05) is 6.07 Å². The molecule has 0 aromatic carbocycles. The lowest BCUT2D eigenvalue weighted by Gasteiger charge is -2.13. The smallest absolute Gasteiger partial charge is 0.326 e. The van der Waals surface area contributed by atoms with Gasteiger partial charge in [-0.05, 0) is 17.4 Å². The van der Waals surface area contributed by atoms with Crippen molar-refractivity contribution in [2.24, 2.45) is 7.05 Å². The zero-order valence-electron chi connectivity index (χ0n) is 11.3. The Morgan fingerprint density at radius 3 is 2.60 bits per heavy atom. The van der Waals surface area contributed by atoms with E-state index in [4.69, 9.17) is 5.11 Å². The molecule has 0 unspecified atom stereocenters. The lowest BCUT2D eigenvalue weighted by atomic mass is 10.1. The monoisotopic (exact) mass is 283 g/mol. The van der Waals surface area contributed by atoms with Crippen molar-refractivity contribution in [2.45, 2.75) is 32.2 Å². The molecular formula is C12H17N3O5. The second kappa shape index (κ2) is 6.69. The average Bonchev–Trinajstić information content (AvgIpc) is 2.75. The molecule has 0 saturated heterocycles. The molecule has 0 saturated carbocycles. The Morgan fingerprint density at radius 2 is 2.15 bits per heavy atom. The standard InChI is InChI=1S/C12H17N3O5/c1-3-4-5-8(12(17)18)13-11(16)9-6-7-10(14(9)2)15(19)20/h6-8H,3-5H2,1-2H3,(H,13,16)(H,17,18)/t8-/m0/s1. The first-order chi connectivity index (χ1) is 9.38. The molecule has 1 aromatic heterocycles. The SMILES string of the molecule is CCCC[C@H](NC(=O)c1ccc([N+](=O)[O-])n1C)C(=O)O. The summed E-state index contributed by atoms with van der Waals surface area (Å²) < 4.78 is 1.12. The summed E-state index contributed by atoms with van der Waals surface area (Å²) in [4.78, 5) is 33.1. The van der Waals surface area contributed by atoms with Crippen LogP contribution in [-0.4, -0.2) is 32.5 Å². The third-order valence-electron chi connectivity index (χ3n) is 2.96. The second-order valence-corrected chi connectivity index (χ2v) is 4.40. The minimum absolute atomic E-state index is 0.0550. The number of amides is 1.